The molecule has 0 spiro atoms. The van der Waals surface area contributed by atoms with Crippen molar-refractivity contribution >= 4 is 5.97 Å². The van der Waals surface area contributed by atoms with Crippen molar-refractivity contribution in [2.75, 3.05) is 0 Å². The van der Waals surface area contributed by atoms with Gasteiger partial charge in [0.1, 0.15) is 6.10 Å². The number of benzene rings is 1. The number of aryl methyl sites for hydroxylation is 1. The molecule has 1 saturated heterocycles. The molecule has 0 amide bonds. The van der Waals surface area contributed by atoms with E-state index >= 15 is 0 Å². The number of rotatable bonds is 1. The molecule has 0 bridgehead atoms. The van der Waals surface area contributed by atoms with E-state index < -0.39 is 0 Å². The molecule has 2 heteroatoms. The highest BCUT2D eigenvalue weighted by molar-refractivity contribution is 5.75. The highest BCUT2D eigenvalue weighted by Gasteiger charge is 2.49. The van der Waals surface area contributed by atoms with E-state index in [0.29, 0.717) is 17.8 Å². The third kappa shape index (κ3) is 2.07. The zero-order chi connectivity index (χ0) is 13.6. The summed E-state index contributed by atoms with van der Waals surface area (Å²) in [6.07, 6.45) is 2.28. The van der Waals surface area contributed by atoms with Gasteiger partial charge in [0.2, 0.25) is 0 Å². The average Bonchev–Trinajstić information content (AvgIpc) is 2.77. The molecular weight excluding hydrogens is 236 g/mol. The van der Waals surface area contributed by atoms with E-state index in [1.807, 2.05) is 0 Å². The van der Waals surface area contributed by atoms with Crippen molar-refractivity contribution in [3.05, 3.63) is 35.4 Å². The molecule has 0 unspecified atom stereocenters. The summed E-state index contributed by atoms with van der Waals surface area (Å²) in [6, 6.07) is 8.36. The van der Waals surface area contributed by atoms with Crippen LogP contribution < -0.4 is 0 Å². The summed E-state index contributed by atoms with van der Waals surface area (Å²) in [5.41, 5.74) is 2.38. The molecule has 1 aliphatic carbocycles. The van der Waals surface area contributed by atoms with Crippen LogP contribution in [0.4, 0.5) is 0 Å². The van der Waals surface area contributed by atoms with E-state index in [9.17, 15) is 4.79 Å². The normalized spacial score (nSPS) is 37.8. The van der Waals surface area contributed by atoms with E-state index in [-0.39, 0.29) is 18.0 Å². The summed E-state index contributed by atoms with van der Waals surface area (Å²) < 4.78 is 5.79. The first kappa shape index (κ1) is 12.7. The molecule has 19 heavy (non-hydrogen) atoms. The lowest BCUT2D eigenvalue weighted by Gasteiger charge is -2.38. The minimum absolute atomic E-state index is 0.0274. The lowest BCUT2D eigenvalue weighted by Crippen LogP contribution is -2.39. The number of cyclic esters (lactones) is 1. The molecular formula is C17H22O2. The fourth-order valence-electron chi connectivity index (χ4n) is 3.99. The summed E-state index contributed by atoms with van der Waals surface area (Å²) in [4.78, 5) is 12.3. The largest absolute Gasteiger partial charge is 0.457 e. The van der Waals surface area contributed by atoms with Gasteiger partial charge in [0.05, 0.1) is 5.92 Å². The van der Waals surface area contributed by atoms with Crippen molar-refractivity contribution in [3.63, 3.8) is 0 Å². The Labute approximate surface area is 115 Å². The van der Waals surface area contributed by atoms with Gasteiger partial charge in [-0.3, -0.25) is 4.79 Å². The van der Waals surface area contributed by atoms with E-state index in [4.69, 9.17) is 4.74 Å². The van der Waals surface area contributed by atoms with Crippen molar-refractivity contribution in [1.29, 1.82) is 0 Å². The quantitative estimate of drug-likeness (QED) is 0.714. The van der Waals surface area contributed by atoms with Gasteiger partial charge in [-0.2, -0.15) is 0 Å². The van der Waals surface area contributed by atoms with Crippen molar-refractivity contribution in [2.24, 2.45) is 23.7 Å². The maximum Gasteiger partial charge on any atom is 0.310 e. The molecule has 1 aromatic carbocycles. The Morgan fingerprint density at radius 1 is 1.21 bits per heavy atom. The molecule has 3 rings (SSSR count). The second kappa shape index (κ2) is 4.66. The van der Waals surface area contributed by atoms with Crippen LogP contribution in [-0.4, -0.2) is 5.97 Å². The van der Waals surface area contributed by atoms with Crippen LogP contribution >= 0.6 is 0 Å². The number of hydrogen-bond acceptors (Lipinski definition) is 2. The van der Waals surface area contributed by atoms with Gasteiger partial charge >= 0.3 is 5.97 Å². The Balaban J connectivity index is 1.91. The molecule has 2 fully saturated rings. The molecule has 0 N–H and O–H groups in total. The molecule has 0 radical (unpaired) electrons. The first-order valence-electron chi connectivity index (χ1n) is 7.35. The Morgan fingerprint density at radius 3 is 2.74 bits per heavy atom. The van der Waals surface area contributed by atoms with E-state index in [1.54, 1.807) is 0 Å². The van der Waals surface area contributed by atoms with E-state index in [2.05, 4.69) is 45.0 Å². The predicted molar refractivity (Wildman–Crippen MR) is 74.6 cm³/mol. The minimum atomic E-state index is -0.0565. The third-order valence-corrected chi connectivity index (χ3v) is 5.07. The molecule has 0 aromatic heterocycles. The maximum absolute atomic E-state index is 12.3. The van der Waals surface area contributed by atoms with Crippen LogP contribution in [0.1, 0.15) is 43.9 Å². The van der Waals surface area contributed by atoms with Crippen molar-refractivity contribution in [2.45, 2.75) is 39.7 Å². The Hall–Kier alpha value is -1.31. The zero-order valence-electron chi connectivity index (χ0n) is 11.9. The summed E-state index contributed by atoms with van der Waals surface area (Å²) >= 11 is 0. The number of fused-ring (bicyclic) bond motifs is 1. The van der Waals surface area contributed by atoms with Gasteiger partial charge in [0, 0.05) is 5.92 Å². The summed E-state index contributed by atoms with van der Waals surface area (Å²) in [5.74, 6) is 1.57. The highest BCUT2D eigenvalue weighted by Crippen LogP contribution is 2.50. The highest BCUT2D eigenvalue weighted by atomic mass is 16.5. The van der Waals surface area contributed by atoms with Crippen molar-refractivity contribution < 1.29 is 9.53 Å². The van der Waals surface area contributed by atoms with Gasteiger partial charge in [-0.15, -0.1) is 0 Å². The minimum Gasteiger partial charge on any atom is -0.457 e. The van der Waals surface area contributed by atoms with Crippen LogP contribution in [0.2, 0.25) is 0 Å². The summed E-state index contributed by atoms with van der Waals surface area (Å²) in [5, 5.41) is 0. The molecule has 1 aromatic rings. The topological polar surface area (TPSA) is 26.3 Å². The van der Waals surface area contributed by atoms with Crippen molar-refractivity contribution in [1.82, 2.24) is 0 Å². The van der Waals surface area contributed by atoms with Gasteiger partial charge in [-0.1, -0.05) is 43.7 Å². The van der Waals surface area contributed by atoms with E-state index in [0.717, 1.165) is 12.0 Å². The number of ether oxygens (including phenoxy) is 1. The Bertz CT molecular complexity index is 494. The maximum atomic E-state index is 12.3. The first-order chi connectivity index (χ1) is 9.08. The number of carbonyl (C=O) groups is 1. The molecule has 1 aliphatic heterocycles. The molecule has 5 atom stereocenters. The van der Waals surface area contributed by atoms with Gasteiger partial charge in [-0.25, -0.2) is 0 Å². The van der Waals surface area contributed by atoms with Crippen LogP contribution in [0.5, 0.6) is 0 Å². The smallest absolute Gasteiger partial charge is 0.310 e. The summed E-state index contributed by atoms with van der Waals surface area (Å²) in [7, 11) is 0. The average molecular weight is 258 g/mol. The number of carbonyl (C=O) groups excluding carboxylic acids is 1. The Morgan fingerprint density at radius 2 is 2.00 bits per heavy atom. The van der Waals surface area contributed by atoms with Gasteiger partial charge in [0.25, 0.3) is 0 Å². The van der Waals surface area contributed by atoms with Crippen LogP contribution in [0, 0.1) is 30.6 Å². The molecule has 1 heterocycles. The van der Waals surface area contributed by atoms with Crippen LogP contribution in [0.25, 0.3) is 0 Å². The fraction of sp³-hybridized carbons (Fsp3) is 0.588. The van der Waals surface area contributed by atoms with Gasteiger partial charge in [0.15, 0.2) is 0 Å². The second-order valence-electron chi connectivity index (χ2n) is 6.38. The predicted octanol–water partition coefficient (Wildman–Crippen LogP) is 3.89. The van der Waals surface area contributed by atoms with Crippen molar-refractivity contribution in [3.8, 4) is 0 Å². The fourth-order valence-corrected chi connectivity index (χ4v) is 3.99. The molecule has 2 aliphatic rings. The third-order valence-electron chi connectivity index (χ3n) is 5.07. The number of hydrogen-bond donors (Lipinski definition) is 0. The molecule has 1 saturated carbocycles. The second-order valence-corrected chi connectivity index (χ2v) is 6.38. The summed E-state index contributed by atoms with van der Waals surface area (Å²) in [6.45, 7) is 6.51. The van der Waals surface area contributed by atoms with E-state index in [1.165, 1.54) is 12.0 Å². The Kier molecular flexibility index (Phi) is 3.12. The first-order valence-corrected chi connectivity index (χ1v) is 7.35. The molecule has 102 valence electrons. The zero-order valence-corrected chi connectivity index (χ0v) is 11.9. The van der Waals surface area contributed by atoms with Crippen LogP contribution in [-0.2, 0) is 9.53 Å². The van der Waals surface area contributed by atoms with Crippen LogP contribution in [0.3, 0.4) is 0 Å². The van der Waals surface area contributed by atoms with Crippen LogP contribution in [0.15, 0.2) is 24.3 Å². The van der Waals surface area contributed by atoms with Gasteiger partial charge < -0.3 is 4.74 Å². The lowest BCUT2D eigenvalue weighted by molar-refractivity contribution is -0.172. The van der Waals surface area contributed by atoms with Gasteiger partial charge in [-0.05, 0) is 37.2 Å². The standard InChI is InChI=1S/C17H22O2/c1-10-5-4-6-13(9-10)16-12(3)14-8-7-11(2)15(14)17(18)19-16/h4-6,9,11-12,14-16H,7-8H2,1-3H3/t11-,12+,14+,15+,16+/m0/s1. The molecule has 2 nitrogen and oxygen atoms in total. The number of esters is 1. The monoisotopic (exact) mass is 258 g/mol. The lowest BCUT2D eigenvalue weighted by atomic mass is 9.75. The SMILES string of the molecule is Cc1cccc([C@@H]2OC(=O)[C@H]3[C@H](CC[C@@H]3C)[C@H]2C)c1.